The van der Waals surface area contributed by atoms with Gasteiger partial charge < -0.3 is 15.1 Å². The summed E-state index contributed by atoms with van der Waals surface area (Å²) in [5, 5.41) is 3.15. The summed E-state index contributed by atoms with van der Waals surface area (Å²) in [5.74, 6) is 1.13. The first-order valence-electron chi connectivity index (χ1n) is 9.78. The molecule has 2 aliphatic heterocycles. The lowest BCUT2D eigenvalue weighted by molar-refractivity contribution is -0.150. The monoisotopic (exact) mass is 371 g/mol. The Morgan fingerprint density at radius 2 is 1.96 bits per heavy atom. The fourth-order valence-corrected chi connectivity index (χ4v) is 4.99. The molecule has 2 saturated heterocycles. The molecule has 0 aromatic carbocycles. The Balaban J connectivity index is 0.00000225. The predicted molar refractivity (Wildman–Crippen MR) is 102 cm³/mol. The maximum Gasteiger partial charge on any atom is 0.228 e. The Bertz CT molecular complexity index is 479. The molecule has 2 amide bonds. The van der Waals surface area contributed by atoms with Crippen LogP contribution in [0, 0.1) is 11.3 Å². The third kappa shape index (κ3) is 4.30. The van der Waals surface area contributed by atoms with Crippen molar-refractivity contribution in [2.45, 2.75) is 64.3 Å². The minimum atomic E-state index is -0.138. The molecule has 0 unspecified atom stereocenters. The average Bonchev–Trinajstić information content (AvgIpc) is 2.60. The summed E-state index contributed by atoms with van der Waals surface area (Å²) in [7, 11) is 1.93. The molecule has 0 aromatic rings. The van der Waals surface area contributed by atoms with E-state index >= 15 is 0 Å². The number of likely N-dealkylation sites (N-methyl/N-ethyl adjacent to an activating group) is 1. The summed E-state index contributed by atoms with van der Waals surface area (Å²) in [6.07, 6.45) is 8.28. The van der Waals surface area contributed by atoms with Crippen molar-refractivity contribution in [2.24, 2.45) is 11.3 Å². The topological polar surface area (TPSA) is 52.7 Å². The minimum Gasteiger partial charge on any atom is -0.342 e. The van der Waals surface area contributed by atoms with Crippen LogP contribution in [0.1, 0.15) is 58.3 Å². The summed E-state index contributed by atoms with van der Waals surface area (Å²) in [5.41, 5.74) is -0.138. The molecule has 1 aliphatic carbocycles. The van der Waals surface area contributed by atoms with E-state index in [0.717, 1.165) is 51.9 Å². The van der Waals surface area contributed by atoms with E-state index in [4.69, 9.17) is 0 Å². The maximum atomic E-state index is 13.1. The SMILES string of the molecule is CNCCN1C(=O)CC[C@H]2CN(C(=O)C3(C)CCCCC3)CC[C@H]21.Cl. The van der Waals surface area contributed by atoms with Crippen molar-refractivity contribution in [2.75, 3.05) is 33.2 Å². The van der Waals surface area contributed by atoms with Crippen LogP contribution in [0.2, 0.25) is 0 Å². The van der Waals surface area contributed by atoms with E-state index in [1.165, 1.54) is 19.3 Å². The molecule has 0 spiro atoms. The number of rotatable bonds is 4. The smallest absolute Gasteiger partial charge is 0.228 e. The molecule has 2 heterocycles. The van der Waals surface area contributed by atoms with Crippen LogP contribution in [-0.4, -0.2) is 60.9 Å². The fraction of sp³-hybridized carbons (Fsp3) is 0.895. The van der Waals surface area contributed by atoms with Crippen molar-refractivity contribution in [3.05, 3.63) is 0 Å². The number of nitrogens with zero attached hydrogens (tertiary/aromatic N) is 2. The molecular weight excluding hydrogens is 338 g/mol. The number of amides is 2. The Kier molecular flexibility index (Phi) is 7.15. The summed E-state index contributed by atoms with van der Waals surface area (Å²) in [6.45, 7) is 5.48. The van der Waals surface area contributed by atoms with Crippen molar-refractivity contribution in [1.29, 1.82) is 0 Å². The number of likely N-dealkylation sites (tertiary alicyclic amines) is 2. The highest BCUT2D eigenvalue weighted by Gasteiger charge is 2.44. The Morgan fingerprint density at radius 3 is 2.64 bits per heavy atom. The van der Waals surface area contributed by atoms with Gasteiger partial charge in [-0.15, -0.1) is 12.4 Å². The van der Waals surface area contributed by atoms with Gasteiger partial charge >= 0.3 is 0 Å². The zero-order valence-corrected chi connectivity index (χ0v) is 16.6. The van der Waals surface area contributed by atoms with E-state index in [1.54, 1.807) is 0 Å². The van der Waals surface area contributed by atoms with Gasteiger partial charge in [-0.1, -0.05) is 26.2 Å². The summed E-state index contributed by atoms with van der Waals surface area (Å²) in [6, 6.07) is 0.336. The van der Waals surface area contributed by atoms with E-state index in [-0.39, 0.29) is 17.8 Å². The van der Waals surface area contributed by atoms with E-state index in [0.29, 0.717) is 30.2 Å². The molecule has 0 bridgehead atoms. The largest absolute Gasteiger partial charge is 0.342 e. The second-order valence-corrected chi connectivity index (χ2v) is 8.22. The maximum absolute atomic E-state index is 13.1. The summed E-state index contributed by atoms with van der Waals surface area (Å²) in [4.78, 5) is 29.6. The van der Waals surface area contributed by atoms with Gasteiger partial charge in [-0.05, 0) is 38.6 Å². The molecule has 6 heteroatoms. The lowest BCUT2D eigenvalue weighted by atomic mass is 9.74. The van der Waals surface area contributed by atoms with Crippen LogP contribution in [-0.2, 0) is 9.59 Å². The molecule has 3 rings (SSSR count). The second kappa shape index (κ2) is 8.72. The van der Waals surface area contributed by atoms with Gasteiger partial charge in [0.25, 0.3) is 0 Å². The first kappa shape index (κ1) is 20.5. The van der Waals surface area contributed by atoms with E-state index in [2.05, 4.69) is 22.0 Å². The van der Waals surface area contributed by atoms with Crippen LogP contribution in [0.5, 0.6) is 0 Å². The van der Waals surface area contributed by atoms with Crippen LogP contribution in [0.25, 0.3) is 0 Å². The number of hydrogen-bond acceptors (Lipinski definition) is 3. The van der Waals surface area contributed by atoms with E-state index < -0.39 is 0 Å². The first-order chi connectivity index (χ1) is 11.5. The molecule has 3 aliphatic rings. The lowest BCUT2D eigenvalue weighted by Crippen LogP contribution is -2.59. The number of piperidine rings is 2. The van der Waals surface area contributed by atoms with Gasteiger partial charge in [-0.3, -0.25) is 9.59 Å². The third-order valence-corrected chi connectivity index (χ3v) is 6.51. The number of halogens is 1. The molecule has 2 atom stereocenters. The molecule has 0 aromatic heterocycles. The molecule has 0 radical (unpaired) electrons. The standard InChI is InChI=1S/C19H33N3O2.ClH/c1-19(9-4-3-5-10-19)18(24)21-12-8-16-15(14-21)6-7-17(23)22(16)13-11-20-2;/h15-16,20H,3-14H2,1-2H3;1H/t15-,16+;/m0./s1. The second-order valence-electron chi connectivity index (χ2n) is 8.22. The highest BCUT2D eigenvalue weighted by molar-refractivity contribution is 5.85. The lowest BCUT2D eigenvalue weighted by Gasteiger charge is -2.49. The molecule has 1 saturated carbocycles. The third-order valence-electron chi connectivity index (χ3n) is 6.51. The molecule has 5 nitrogen and oxygen atoms in total. The molecule has 3 fully saturated rings. The van der Waals surface area contributed by atoms with E-state index in [1.807, 2.05) is 7.05 Å². The van der Waals surface area contributed by atoms with Crippen molar-refractivity contribution >= 4 is 24.2 Å². The summed E-state index contributed by atoms with van der Waals surface area (Å²) >= 11 is 0. The van der Waals surface area contributed by atoms with Crippen molar-refractivity contribution in [3.8, 4) is 0 Å². The number of carbonyl (C=O) groups excluding carboxylic acids is 2. The van der Waals surface area contributed by atoms with Crippen molar-refractivity contribution < 1.29 is 9.59 Å². The zero-order valence-electron chi connectivity index (χ0n) is 15.8. The number of carbonyl (C=O) groups is 2. The highest BCUT2D eigenvalue weighted by atomic mass is 35.5. The van der Waals surface area contributed by atoms with Crippen LogP contribution in [0.15, 0.2) is 0 Å². The Hall–Kier alpha value is -0.810. The first-order valence-corrected chi connectivity index (χ1v) is 9.78. The Labute approximate surface area is 158 Å². The number of nitrogens with one attached hydrogen (secondary N) is 1. The molecule has 1 N–H and O–H groups in total. The quantitative estimate of drug-likeness (QED) is 0.825. The van der Waals surface area contributed by atoms with Crippen LogP contribution >= 0.6 is 12.4 Å². The van der Waals surface area contributed by atoms with E-state index in [9.17, 15) is 9.59 Å². The predicted octanol–water partition coefficient (Wildman–Crippen LogP) is 2.44. The van der Waals surface area contributed by atoms with Gasteiger partial charge in [-0.2, -0.15) is 0 Å². The molecular formula is C19H34ClN3O2. The van der Waals surface area contributed by atoms with Gasteiger partial charge in [0.15, 0.2) is 0 Å². The van der Waals surface area contributed by atoms with Gasteiger partial charge in [0, 0.05) is 44.1 Å². The van der Waals surface area contributed by atoms with Gasteiger partial charge in [0.05, 0.1) is 0 Å². The average molecular weight is 372 g/mol. The van der Waals surface area contributed by atoms with Crippen molar-refractivity contribution in [3.63, 3.8) is 0 Å². The molecule has 144 valence electrons. The van der Waals surface area contributed by atoms with Gasteiger partial charge in [-0.25, -0.2) is 0 Å². The fourth-order valence-electron chi connectivity index (χ4n) is 4.99. The summed E-state index contributed by atoms with van der Waals surface area (Å²) < 4.78 is 0. The molecule has 25 heavy (non-hydrogen) atoms. The zero-order chi connectivity index (χ0) is 17.2. The number of hydrogen-bond donors (Lipinski definition) is 1. The van der Waals surface area contributed by atoms with Gasteiger partial charge in [0.2, 0.25) is 11.8 Å². The van der Waals surface area contributed by atoms with Crippen LogP contribution < -0.4 is 5.32 Å². The minimum absolute atomic E-state index is 0. The highest BCUT2D eigenvalue weighted by Crippen LogP contribution is 2.39. The van der Waals surface area contributed by atoms with Gasteiger partial charge in [0.1, 0.15) is 0 Å². The normalized spacial score (nSPS) is 29.0. The van der Waals surface area contributed by atoms with Crippen LogP contribution in [0.3, 0.4) is 0 Å². The van der Waals surface area contributed by atoms with Crippen LogP contribution in [0.4, 0.5) is 0 Å². The number of fused-ring (bicyclic) bond motifs is 1. The Morgan fingerprint density at radius 1 is 1.24 bits per heavy atom. The van der Waals surface area contributed by atoms with Crippen molar-refractivity contribution in [1.82, 2.24) is 15.1 Å².